The van der Waals surface area contributed by atoms with E-state index in [-0.39, 0.29) is 16.1 Å². The van der Waals surface area contributed by atoms with Crippen LogP contribution in [0.15, 0.2) is 29.2 Å². The number of hydrogen-bond donors (Lipinski definition) is 1. The van der Waals surface area contributed by atoms with Gasteiger partial charge in [0.15, 0.2) is 0 Å². The number of rotatable bonds is 6. The van der Waals surface area contributed by atoms with Crippen LogP contribution in [0.4, 0.5) is 0 Å². The van der Waals surface area contributed by atoms with E-state index >= 15 is 0 Å². The van der Waals surface area contributed by atoms with Gasteiger partial charge in [0.25, 0.3) is 5.91 Å². The van der Waals surface area contributed by atoms with Gasteiger partial charge >= 0.3 is 5.97 Å². The third-order valence-corrected chi connectivity index (χ3v) is 4.78. The normalized spacial score (nSPS) is 17.7. The number of nitrogens with zero attached hydrogens (tertiary/aromatic N) is 1. The Kier molecular flexibility index (Phi) is 6.01. The summed E-state index contributed by atoms with van der Waals surface area (Å²) < 4.78 is 5.72. The Morgan fingerprint density at radius 2 is 2.17 bits per heavy atom. The average Bonchev–Trinajstić information content (AvgIpc) is 2.75. The third kappa shape index (κ3) is 3.96. The zero-order valence-electron chi connectivity index (χ0n) is 13.7. The minimum atomic E-state index is -1.05. The first kappa shape index (κ1) is 18.5. The van der Waals surface area contributed by atoms with Crippen molar-refractivity contribution in [3.63, 3.8) is 0 Å². The number of thioether (sulfide) groups is 1. The van der Waals surface area contributed by atoms with Gasteiger partial charge in [0, 0.05) is 0 Å². The summed E-state index contributed by atoms with van der Waals surface area (Å²) in [7, 11) is 0. The SMILES string of the molecule is CCOc1cccc(/C=C2/SC(=S)N([C@H](C(=O)O)C(C)C)C2=O)c1. The summed E-state index contributed by atoms with van der Waals surface area (Å²) in [6.45, 7) is 5.97. The van der Waals surface area contributed by atoms with Crippen LogP contribution >= 0.6 is 24.0 Å². The number of amides is 1. The lowest BCUT2D eigenvalue weighted by molar-refractivity contribution is -0.146. The molecule has 0 radical (unpaired) electrons. The molecule has 0 bridgehead atoms. The van der Waals surface area contributed by atoms with Gasteiger partial charge in [-0.1, -0.05) is 50.0 Å². The van der Waals surface area contributed by atoms with Crippen LogP contribution in [0.1, 0.15) is 26.3 Å². The summed E-state index contributed by atoms with van der Waals surface area (Å²) >= 11 is 6.36. The van der Waals surface area contributed by atoms with Crippen LogP contribution in [0.5, 0.6) is 5.75 Å². The first-order chi connectivity index (χ1) is 11.3. The molecule has 0 spiro atoms. The van der Waals surface area contributed by atoms with Gasteiger partial charge in [-0.25, -0.2) is 4.79 Å². The Hall–Kier alpha value is -1.86. The topological polar surface area (TPSA) is 66.8 Å². The first-order valence-corrected chi connectivity index (χ1v) is 8.80. The van der Waals surface area contributed by atoms with E-state index in [0.717, 1.165) is 17.3 Å². The predicted molar refractivity (Wildman–Crippen MR) is 98.9 cm³/mol. The fourth-order valence-electron chi connectivity index (χ4n) is 2.43. The van der Waals surface area contributed by atoms with Crippen LogP contribution in [0.25, 0.3) is 6.08 Å². The zero-order chi connectivity index (χ0) is 17.9. The number of hydrogen-bond acceptors (Lipinski definition) is 5. The molecule has 7 heteroatoms. The summed E-state index contributed by atoms with van der Waals surface area (Å²) in [6.07, 6.45) is 1.71. The molecule has 0 unspecified atom stereocenters. The minimum absolute atomic E-state index is 0.245. The van der Waals surface area contributed by atoms with Crippen molar-refractivity contribution in [1.29, 1.82) is 0 Å². The maximum Gasteiger partial charge on any atom is 0.327 e. The molecular formula is C17H19NO4S2. The first-order valence-electron chi connectivity index (χ1n) is 7.57. The second kappa shape index (κ2) is 7.81. The second-order valence-corrected chi connectivity index (χ2v) is 7.26. The Morgan fingerprint density at radius 3 is 2.75 bits per heavy atom. The van der Waals surface area contributed by atoms with E-state index in [0.29, 0.717) is 17.3 Å². The zero-order valence-corrected chi connectivity index (χ0v) is 15.3. The van der Waals surface area contributed by atoms with Gasteiger partial charge in [-0.3, -0.25) is 9.69 Å². The lowest BCUT2D eigenvalue weighted by Gasteiger charge is -2.26. The molecule has 1 heterocycles. The molecule has 2 rings (SSSR count). The van der Waals surface area contributed by atoms with Crippen molar-refractivity contribution in [3.05, 3.63) is 34.7 Å². The Balaban J connectivity index is 2.31. The van der Waals surface area contributed by atoms with E-state index in [1.807, 2.05) is 31.2 Å². The highest BCUT2D eigenvalue weighted by molar-refractivity contribution is 8.26. The van der Waals surface area contributed by atoms with Gasteiger partial charge in [-0.15, -0.1) is 0 Å². The number of carboxylic acid groups (broad SMARTS) is 1. The number of carbonyl (C=O) groups excluding carboxylic acids is 1. The smallest absolute Gasteiger partial charge is 0.327 e. The fourth-order valence-corrected chi connectivity index (χ4v) is 3.75. The summed E-state index contributed by atoms with van der Waals surface area (Å²) in [5.74, 6) is -0.952. The number of aliphatic carboxylic acids is 1. The van der Waals surface area contributed by atoms with E-state index in [1.54, 1.807) is 19.9 Å². The molecule has 1 aliphatic rings. The largest absolute Gasteiger partial charge is 0.494 e. The predicted octanol–water partition coefficient (Wildman–Crippen LogP) is 3.40. The van der Waals surface area contributed by atoms with Crippen molar-refractivity contribution < 1.29 is 19.4 Å². The quantitative estimate of drug-likeness (QED) is 0.616. The lowest BCUT2D eigenvalue weighted by atomic mass is 10.0. The molecule has 1 aromatic carbocycles. The lowest BCUT2D eigenvalue weighted by Crippen LogP contribution is -2.47. The molecule has 0 aliphatic carbocycles. The molecule has 1 aromatic rings. The van der Waals surface area contributed by atoms with E-state index in [9.17, 15) is 14.7 Å². The fraction of sp³-hybridized carbons (Fsp3) is 0.353. The molecule has 5 nitrogen and oxygen atoms in total. The molecule has 0 aromatic heterocycles. The van der Waals surface area contributed by atoms with Crippen molar-refractivity contribution in [1.82, 2.24) is 4.90 Å². The molecule has 0 saturated carbocycles. The molecular weight excluding hydrogens is 346 g/mol. The van der Waals surface area contributed by atoms with Crippen molar-refractivity contribution in [2.24, 2.45) is 5.92 Å². The van der Waals surface area contributed by atoms with Gasteiger partial charge in [0.05, 0.1) is 11.5 Å². The van der Waals surface area contributed by atoms with E-state index in [1.165, 1.54) is 4.90 Å². The molecule has 1 fully saturated rings. The minimum Gasteiger partial charge on any atom is -0.494 e. The van der Waals surface area contributed by atoms with Crippen molar-refractivity contribution in [2.45, 2.75) is 26.8 Å². The Labute approximate surface area is 150 Å². The maximum absolute atomic E-state index is 12.6. The number of benzene rings is 1. The van der Waals surface area contributed by atoms with Gasteiger partial charge in [0.1, 0.15) is 16.1 Å². The average molecular weight is 365 g/mol. The van der Waals surface area contributed by atoms with E-state index in [2.05, 4.69) is 0 Å². The second-order valence-electron chi connectivity index (χ2n) is 5.58. The highest BCUT2D eigenvalue weighted by atomic mass is 32.2. The van der Waals surface area contributed by atoms with Crippen molar-refractivity contribution >= 4 is 46.3 Å². The van der Waals surface area contributed by atoms with Crippen LogP contribution in [-0.4, -0.2) is 38.9 Å². The van der Waals surface area contributed by atoms with Crippen molar-refractivity contribution in [3.8, 4) is 5.75 Å². The van der Waals surface area contributed by atoms with Gasteiger partial charge < -0.3 is 9.84 Å². The van der Waals surface area contributed by atoms with Gasteiger partial charge in [0.2, 0.25) is 0 Å². The molecule has 1 N–H and O–H groups in total. The number of thiocarbonyl (C=S) groups is 1. The van der Waals surface area contributed by atoms with Crippen LogP contribution < -0.4 is 4.74 Å². The molecule has 1 atom stereocenters. The van der Waals surface area contributed by atoms with Crippen LogP contribution in [0.2, 0.25) is 0 Å². The number of carbonyl (C=O) groups is 2. The highest BCUT2D eigenvalue weighted by Gasteiger charge is 2.41. The van der Waals surface area contributed by atoms with Crippen molar-refractivity contribution in [2.75, 3.05) is 6.61 Å². The summed E-state index contributed by atoms with van der Waals surface area (Å²) in [4.78, 5) is 25.8. The number of carboxylic acids is 1. The van der Waals surface area contributed by atoms with Gasteiger partial charge in [-0.2, -0.15) is 0 Å². The molecule has 1 amide bonds. The molecule has 128 valence electrons. The molecule has 1 aliphatic heterocycles. The standard InChI is InChI=1S/C17H19NO4S2/c1-4-22-12-7-5-6-11(8-12)9-13-15(19)18(17(23)24-13)14(10(2)3)16(20)21/h5-10,14H,4H2,1-3H3,(H,20,21)/b13-9+/t14-/m0/s1. The number of ether oxygens (including phenoxy) is 1. The maximum atomic E-state index is 12.6. The Morgan fingerprint density at radius 1 is 1.46 bits per heavy atom. The van der Waals surface area contributed by atoms with Crippen LogP contribution in [-0.2, 0) is 9.59 Å². The molecule has 1 saturated heterocycles. The third-order valence-electron chi connectivity index (χ3n) is 3.45. The monoisotopic (exact) mass is 365 g/mol. The molecule has 24 heavy (non-hydrogen) atoms. The van der Waals surface area contributed by atoms with E-state index in [4.69, 9.17) is 17.0 Å². The summed E-state index contributed by atoms with van der Waals surface area (Å²) in [6, 6.07) is 6.40. The summed E-state index contributed by atoms with van der Waals surface area (Å²) in [5, 5.41) is 9.41. The highest BCUT2D eigenvalue weighted by Crippen LogP contribution is 2.35. The summed E-state index contributed by atoms with van der Waals surface area (Å²) in [5.41, 5.74) is 0.804. The van der Waals surface area contributed by atoms with E-state index < -0.39 is 12.0 Å². The Bertz CT molecular complexity index is 700. The van der Waals surface area contributed by atoms with Crippen LogP contribution in [0.3, 0.4) is 0 Å². The van der Waals surface area contributed by atoms with Gasteiger partial charge in [-0.05, 0) is 36.6 Å². The van der Waals surface area contributed by atoms with Crippen LogP contribution in [0, 0.1) is 5.92 Å².